The number of likely N-dealkylation sites (tertiary alicyclic amines) is 1. The molecule has 0 spiro atoms. The van der Waals surface area contributed by atoms with Crippen molar-refractivity contribution in [3.8, 4) is 0 Å². The van der Waals surface area contributed by atoms with Gasteiger partial charge >= 0.3 is 5.97 Å². The highest BCUT2D eigenvalue weighted by atomic mass is 16.5. The van der Waals surface area contributed by atoms with Crippen molar-refractivity contribution in [1.82, 2.24) is 9.80 Å². The third-order valence-corrected chi connectivity index (χ3v) is 6.79. The lowest BCUT2D eigenvalue weighted by molar-refractivity contribution is -0.149. The van der Waals surface area contributed by atoms with Crippen molar-refractivity contribution in [3.05, 3.63) is 65.2 Å². The van der Waals surface area contributed by atoms with Crippen LogP contribution in [0.4, 0.5) is 5.69 Å². The Morgan fingerprint density at radius 1 is 1.00 bits per heavy atom. The molecule has 2 aliphatic rings. The molecule has 1 atom stereocenters. The lowest BCUT2D eigenvalue weighted by Crippen LogP contribution is -2.40. The molecule has 36 heavy (non-hydrogen) atoms. The maximum absolute atomic E-state index is 13.0. The van der Waals surface area contributed by atoms with E-state index in [4.69, 9.17) is 9.47 Å². The molecule has 2 aromatic carbocycles. The van der Waals surface area contributed by atoms with Gasteiger partial charge in [0.25, 0.3) is 11.8 Å². The van der Waals surface area contributed by atoms with E-state index in [0.717, 1.165) is 17.7 Å². The van der Waals surface area contributed by atoms with Gasteiger partial charge in [-0.15, -0.1) is 0 Å². The summed E-state index contributed by atoms with van der Waals surface area (Å²) in [5.41, 5.74) is 3.09. The van der Waals surface area contributed by atoms with Crippen LogP contribution >= 0.6 is 0 Å². The molecule has 2 aliphatic heterocycles. The Labute approximate surface area is 212 Å². The number of nitrogens with zero attached hydrogens (tertiary/aromatic N) is 2. The van der Waals surface area contributed by atoms with Gasteiger partial charge in [0.05, 0.1) is 12.5 Å². The van der Waals surface area contributed by atoms with Gasteiger partial charge in [0, 0.05) is 55.2 Å². The molecule has 192 valence electrons. The van der Waals surface area contributed by atoms with Crippen LogP contribution < -0.4 is 5.32 Å². The molecule has 8 heteroatoms. The van der Waals surface area contributed by atoms with Crippen LogP contribution in [0.3, 0.4) is 0 Å². The standard InChI is InChI=1S/C28H35N3O5/c1-3-35-19-7-16-31-25(23-8-5-6-9-24(23)27(31)33)29-22-12-10-20(11-13-22)26(32)30-17-14-21(15-18-30)28(34)36-4-2/h5-6,8-13,21,25,29H,3-4,7,14-19H2,1-2H3. The second kappa shape index (κ2) is 12.0. The van der Waals surface area contributed by atoms with Crippen molar-refractivity contribution in [3.63, 3.8) is 0 Å². The molecule has 8 nitrogen and oxygen atoms in total. The minimum Gasteiger partial charge on any atom is -0.466 e. The van der Waals surface area contributed by atoms with Gasteiger partial charge in [-0.3, -0.25) is 14.4 Å². The van der Waals surface area contributed by atoms with Crippen LogP contribution in [-0.2, 0) is 14.3 Å². The first kappa shape index (κ1) is 25.7. The van der Waals surface area contributed by atoms with E-state index in [1.807, 2.05) is 60.4 Å². The highest BCUT2D eigenvalue weighted by Gasteiger charge is 2.36. The minimum atomic E-state index is -0.279. The largest absolute Gasteiger partial charge is 0.466 e. The average Bonchev–Trinajstić information content (AvgIpc) is 3.17. The monoisotopic (exact) mass is 493 g/mol. The third-order valence-electron chi connectivity index (χ3n) is 6.79. The van der Waals surface area contributed by atoms with Crippen molar-refractivity contribution in [2.45, 2.75) is 39.3 Å². The summed E-state index contributed by atoms with van der Waals surface area (Å²) in [4.78, 5) is 41.7. The number of esters is 1. The Hall–Kier alpha value is -3.39. The fourth-order valence-corrected chi connectivity index (χ4v) is 4.87. The first-order chi connectivity index (χ1) is 17.5. The lowest BCUT2D eigenvalue weighted by Gasteiger charge is -2.31. The van der Waals surface area contributed by atoms with Crippen LogP contribution in [0, 0.1) is 5.92 Å². The summed E-state index contributed by atoms with van der Waals surface area (Å²) in [7, 11) is 0. The highest BCUT2D eigenvalue weighted by molar-refractivity contribution is 5.99. The number of anilines is 1. The molecular weight excluding hydrogens is 458 g/mol. The Morgan fingerprint density at radius 3 is 2.42 bits per heavy atom. The number of piperidine rings is 1. The number of rotatable bonds is 10. The van der Waals surface area contributed by atoms with Gasteiger partial charge in [-0.05, 0) is 63.4 Å². The highest BCUT2D eigenvalue weighted by Crippen LogP contribution is 2.34. The zero-order valence-corrected chi connectivity index (χ0v) is 21.1. The summed E-state index contributed by atoms with van der Waals surface area (Å²) in [5.74, 6) is -0.326. The van der Waals surface area contributed by atoms with E-state index in [2.05, 4.69) is 5.32 Å². The number of nitrogens with one attached hydrogen (secondary N) is 1. The van der Waals surface area contributed by atoms with Crippen LogP contribution in [0.5, 0.6) is 0 Å². The van der Waals surface area contributed by atoms with Gasteiger partial charge in [-0.25, -0.2) is 0 Å². The van der Waals surface area contributed by atoms with Gasteiger partial charge in [0.1, 0.15) is 6.17 Å². The first-order valence-corrected chi connectivity index (χ1v) is 12.8. The molecule has 0 saturated carbocycles. The molecule has 0 aromatic heterocycles. The topological polar surface area (TPSA) is 88.2 Å². The Morgan fingerprint density at radius 2 is 1.72 bits per heavy atom. The quantitative estimate of drug-likeness (QED) is 0.396. The van der Waals surface area contributed by atoms with Gasteiger partial charge < -0.3 is 24.6 Å². The van der Waals surface area contributed by atoms with E-state index in [1.165, 1.54) is 0 Å². The van der Waals surface area contributed by atoms with Crippen molar-refractivity contribution in [1.29, 1.82) is 0 Å². The van der Waals surface area contributed by atoms with Gasteiger partial charge in [0.2, 0.25) is 0 Å². The van der Waals surface area contributed by atoms with E-state index < -0.39 is 0 Å². The number of carbonyl (C=O) groups excluding carboxylic acids is 3. The number of benzene rings is 2. The zero-order valence-electron chi connectivity index (χ0n) is 21.1. The molecule has 1 fully saturated rings. The SMILES string of the molecule is CCOCCCN1C(=O)c2ccccc2C1Nc1ccc(C(=O)N2CCC(C(=O)OCC)CC2)cc1. The van der Waals surface area contributed by atoms with E-state index in [0.29, 0.717) is 63.4 Å². The van der Waals surface area contributed by atoms with Crippen LogP contribution in [0.1, 0.15) is 65.6 Å². The number of amides is 2. The van der Waals surface area contributed by atoms with Crippen molar-refractivity contribution in [2.75, 3.05) is 44.8 Å². The molecule has 1 unspecified atom stereocenters. The van der Waals surface area contributed by atoms with Crippen LogP contribution in [0.2, 0.25) is 0 Å². The fourth-order valence-electron chi connectivity index (χ4n) is 4.87. The Kier molecular flexibility index (Phi) is 8.59. The summed E-state index contributed by atoms with van der Waals surface area (Å²) in [6.45, 7) is 7.08. The molecule has 2 amide bonds. The predicted octanol–water partition coefficient (Wildman–Crippen LogP) is 4.10. The van der Waals surface area contributed by atoms with Crippen molar-refractivity contribution < 1.29 is 23.9 Å². The Balaban J connectivity index is 1.40. The van der Waals surface area contributed by atoms with Gasteiger partial charge in [0.15, 0.2) is 0 Å². The molecule has 0 radical (unpaired) electrons. The fraction of sp³-hybridized carbons (Fsp3) is 0.464. The van der Waals surface area contributed by atoms with E-state index in [-0.39, 0.29) is 29.9 Å². The third kappa shape index (κ3) is 5.70. The molecule has 2 heterocycles. The smallest absolute Gasteiger partial charge is 0.309 e. The molecule has 0 aliphatic carbocycles. The summed E-state index contributed by atoms with van der Waals surface area (Å²) < 4.78 is 10.6. The molecule has 2 aromatic rings. The maximum atomic E-state index is 13.0. The average molecular weight is 494 g/mol. The molecular formula is C28H35N3O5. The second-order valence-electron chi connectivity index (χ2n) is 9.08. The van der Waals surface area contributed by atoms with Crippen molar-refractivity contribution in [2.24, 2.45) is 5.92 Å². The Bertz CT molecular complexity index is 1060. The van der Waals surface area contributed by atoms with Crippen molar-refractivity contribution >= 4 is 23.5 Å². The van der Waals surface area contributed by atoms with E-state index >= 15 is 0 Å². The molecule has 0 bridgehead atoms. The normalized spacial score (nSPS) is 17.7. The summed E-state index contributed by atoms with van der Waals surface area (Å²) >= 11 is 0. The first-order valence-electron chi connectivity index (χ1n) is 12.8. The number of ether oxygens (including phenoxy) is 2. The minimum absolute atomic E-state index is 0.0117. The van der Waals surface area contributed by atoms with E-state index in [9.17, 15) is 14.4 Å². The van der Waals surface area contributed by atoms with Gasteiger partial charge in [-0.1, -0.05) is 18.2 Å². The summed E-state index contributed by atoms with van der Waals surface area (Å²) in [5, 5.41) is 3.48. The number of carbonyl (C=O) groups is 3. The second-order valence-corrected chi connectivity index (χ2v) is 9.08. The van der Waals surface area contributed by atoms with Crippen LogP contribution in [-0.4, -0.2) is 67.0 Å². The lowest BCUT2D eigenvalue weighted by atomic mass is 9.96. The van der Waals surface area contributed by atoms with Gasteiger partial charge in [-0.2, -0.15) is 0 Å². The molecule has 1 N–H and O–H groups in total. The van der Waals surface area contributed by atoms with Crippen LogP contribution in [0.25, 0.3) is 0 Å². The number of fused-ring (bicyclic) bond motifs is 1. The zero-order chi connectivity index (χ0) is 25.5. The summed E-state index contributed by atoms with van der Waals surface area (Å²) in [6.07, 6.45) is 1.72. The predicted molar refractivity (Wildman–Crippen MR) is 137 cm³/mol. The molecule has 4 rings (SSSR count). The van der Waals surface area contributed by atoms with Crippen LogP contribution in [0.15, 0.2) is 48.5 Å². The number of hydrogen-bond donors (Lipinski definition) is 1. The molecule has 1 saturated heterocycles. The van der Waals surface area contributed by atoms with E-state index in [1.54, 1.807) is 11.8 Å². The maximum Gasteiger partial charge on any atom is 0.309 e. The number of hydrogen-bond acceptors (Lipinski definition) is 6. The summed E-state index contributed by atoms with van der Waals surface area (Å²) in [6, 6.07) is 15.0.